The lowest BCUT2D eigenvalue weighted by Crippen LogP contribution is -2.63. The molecule has 3 fully saturated rings. The molecule has 2 aromatic carbocycles. The highest BCUT2D eigenvalue weighted by Gasteiger charge is 2.96. The van der Waals surface area contributed by atoms with E-state index in [0.29, 0.717) is 17.7 Å². The van der Waals surface area contributed by atoms with E-state index < -0.39 is 28.3 Å². The van der Waals surface area contributed by atoms with Gasteiger partial charge in [-0.25, -0.2) is 0 Å². The first-order valence-corrected chi connectivity index (χ1v) is 10.6. The second kappa shape index (κ2) is 5.27. The number of nitrogens with zero attached hydrogens (tertiary/aromatic N) is 1. The summed E-state index contributed by atoms with van der Waals surface area (Å²) in [4.78, 5) is 42.9. The molecule has 5 heteroatoms. The zero-order valence-corrected chi connectivity index (χ0v) is 17.0. The van der Waals surface area contributed by atoms with Crippen molar-refractivity contribution >= 4 is 17.5 Å². The van der Waals surface area contributed by atoms with Gasteiger partial charge in [-0.05, 0) is 31.9 Å². The fourth-order valence-corrected chi connectivity index (χ4v) is 7.65. The Morgan fingerprint density at radius 3 is 2.20 bits per heavy atom. The molecular weight excluding hydrogens is 378 g/mol. The van der Waals surface area contributed by atoms with Crippen molar-refractivity contribution < 1.29 is 19.5 Å². The lowest BCUT2D eigenvalue weighted by molar-refractivity contribution is -0.141. The molecule has 4 atom stereocenters. The second-order valence-corrected chi connectivity index (χ2v) is 9.49. The van der Waals surface area contributed by atoms with E-state index in [2.05, 4.69) is 4.90 Å². The van der Waals surface area contributed by atoms with Crippen LogP contribution in [0.5, 0.6) is 0 Å². The average molecular weight is 401 g/mol. The van der Waals surface area contributed by atoms with E-state index in [1.54, 1.807) is 24.3 Å². The van der Waals surface area contributed by atoms with Gasteiger partial charge in [-0.1, -0.05) is 61.0 Å². The number of hydrogen-bond acceptors (Lipinski definition) is 4. The summed E-state index contributed by atoms with van der Waals surface area (Å²) in [6, 6.07) is 14.7. The Balaban J connectivity index is 1.72. The highest BCUT2D eigenvalue weighted by atomic mass is 16.4. The van der Waals surface area contributed by atoms with Gasteiger partial charge in [-0.3, -0.25) is 19.3 Å². The molecule has 1 N–H and O–H groups in total. The van der Waals surface area contributed by atoms with Crippen LogP contribution >= 0.6 is 0 Å². The van der Waals surface area contributed by atoms with Gasteiger partial charge in [-0.2, -0.15) is 0 Å². The van der Waals surface area contributed by atoms with Crippen LogP contribution in [-0.4, -0.2) is 45.7 Å². The summed E-state index contributed by atoms with van der Waals surface area (Å²) in [6.45, 7) is 4.62. The predicted molar refractivity (Wildman–Crippen MR) is 110 cm³/mol. The number of aliphatic carboxylic acids is 1. The Morgan fingerprint density at radius 1 is 1.03 bits per heavy atom. The van der Waals surface area contributed by atoms with Gasteiger partial charge in [0.25, 0.3) is 0 Å². The molecule has 6 rings (SSSR count). The molecule has 0 unspecified atom stereocenters. The van der Waals surface area contributed by atoms with Crippen LogP contribution in [0.3, 0.4) is 0 Å². The number of ketones is 2. The number of fused-ring (bicyclic) bond motifs is 6. The molecule has 1 saturated carbocycles. The molecule has 152 valence electrons. The summed E-state index contributed by atoms with van der Waals surface area (Å²) in [7, 11) is 0. The van der Waals surface area contributed by atoms with Crippen LogP contribution in [-0.2, 0) is 10.2 Å². The van der Waals surface area contributed by atoms with Gasteiger partial charge < -0.3 is 5.11 Å². The zero-order valence-electron chi connectivity index (χ0n) is 17.0. The molecule has 30 heavy (non-hydrogen) atoms. The Bertz CT molecular complexity index is 1120. The molecule has 5 nitrogen and oxygen atoms in total. The number of carboxylic acid groups (broad SMARTS) is 1. The highest BCUT2D eigenvalue weighted by molar-refractivity contribution is 6.35. The topological polar surface area (TPSA) is 74.7 Å². The molecular formula is C25H23NO4. The molecule has 4 aliphatic rings. The van der Waals surface area contributed by atoms with E-state index in [-0.39, 0.29) is 17.6 Å². The van der Waals surface area contributed by atoms with Crippen molar-refractivity contribution in [3.63, 3.8) is 0 Å². The molecule has 0 aromatic heterocycles. The van der Waals surface area contributed by atoms with Crippen LogP contribution in [0.25, 0.3) is 0 Å². The van der Waals surface area contributed by atoms with Crippen LogP contribution in [0.15, 0.2) is 48.5 Å². The SMILES string of the molecule is Cc1ccc([C@]23[C@H](C(=O)O)[C@@]2(C)[C@H]2CCCN2C32C(=O)c3ccccc3C2=O)cc1. The third kappa shape index (κ3) is 1.53. The minimum absolute atomic E-state index is 0.0953. The van der Waals surface area contributed by atoms with Gasteiger partial charge in [0, 0.05) is 22.6 Å². The molecule has 0 bridgehead atoms. The minimum Gasteiger partial charge on any atom is -0.481 e. The van der Waals surface area contributed by atoms with Crippen molar-refractivity contribution in [3.05, 3.63) is 70.8 Å². The summed E-state index contributed by atoms with van der Waals surface area (Å²) < 4.78 is 0. The molecule has 2 aliphatic heterocycles. The smallest absolute Gasteiger partial charge is 0.308 e. The van der Waals surface area contributed by atoms with Gasteiger partial charge in [0.15, 0.2) is 17.1 Å². The monoisotopic (exact) mass is 401 g/mol. The maximum absolute atomic E-state index is 14.1. The summed E-state index contributed by atoms with van der Waals surface area (Å²) in [5, 5.41) is 10.3. The molecule has 2 heterocycles. The Labute approximate surface area is 174 Å². The quantitative estimate of drug-likeness (QED) is 0.782. The standard InChI is InChI=1S/C25H23NO4/c1-14-9-11-15(12-10-14)24-19(22(29)30)23(24,2)18-8-5-13-26(18)25(24)20(27)16-6-3-4-7-17(16)21(25)28/h3-4,6-7,9-12,18-19H,5,8,13H2,1-2H3,(H,29,30)/t18-,19-,23-,24+/m1/s1. The molecule has 2 saturated heterocycles. The maximum Gasteiger partial charge on any atom is 0.308 e. The van der Waals surface area contributed by atoms with Crippen molar-refractivity contribution in [1.29, 1.82) is 0 Å². The van der Waals surface area contributed by atoms with Crippen molar-refractivity contribution in [2.24, 2.45) is 11.3 Å². The van der Waals surface area contributed by atoms with E-state index in [0.717, 1.165) is 24.0 Å². The first-order valence-electron chi connectivity index (χ1n) is 10.6. The summed E-state index contributed by atoms with van der Waals surface area (Å²) >= 11 is 0. The number of Topliss-reactive ketones (excluding diaryl/α,β-unsaturated/α-hetero) is 2. The predicted octanol–water partition coefficient (Wildman–Crippen LogP) is 3.25. The molecule has 0 radical (unpaired) electrons. The highest BCUT2D eigenvalue weighted by Crippen LogP contribution is 2.84. The molecule has 2 aromatic rings. The Morgan fingerprint density at radius 2 is 1.63 bits per heavy atom. The van der Waals surface area contributed by atoms with Crippen molar-refractivity contribution in [3.8, 4) is 0 Å². The van der Waals surface area contributed by atoms with Crippen LogP contribution in [0, 0.1) is 18.3 Å². The normalized spacial score (nSPS) is 35.4. The number of carbonyl (C=O) groups excluding carboxylic acids is 2. The van der Waals surface area contributed by atoms with Crippen LogP contribution in [0.2, 0.25) is 0 Å². The van der Waals surface area contributed by atoms with Gasteiger partial charge in [0.05, 0.1) is 11.3 Å². The number of hydrogen-bond donors (Lipinski definition) is 1. The van der Waals surface area contributed by atoms with Crippen LogP contribution in [0.1, 0.15) is 51.6 Å². The number of carboxylic acids is 1. The van der Waals surface area contributed by atoms with Gasteiger partial charge in [-0.15, -0.1) is 0 Å². The largest absolute Gasteiger partial charge is 0.481 e. The molecule has 0 amide bonds. The van der Waals surface area contributed by atoms with E-state index in [1.165, 1.54) is 0 Å². The van der Waals surface area contributed by atoms with E-state index >= 15 is 0 Å². The third-order valence-corrected chi connectivity index (χ3v) is 8.57. The number of aryl methyl sites for hydroxylation is 1. The molecule has 2 aliphatic carbocycles. The Kier molecular flexibility index (Phi) is 3.17. The first-order chi connectivity index (χ1) is 14.3. The van der Waals surface area contributed by atoms with Crippen molar-refractivity contribution in [2.45, 2.75) is 43.7 Å². The van der Waals surface area contributed by atoms with Crippen LogP contribution in [0.4, 0.5) is 0 Å². The van der Waals surface area contributed by atoms with Gasteiger partial charge in [0.1, 0.15) is 0 Å². The van der Waals surface area contributed by atoms with E-state index in [4.69, 9.17) is 0 Å². The first kappa shape index (κ1) is 18.0. The number of piperidine rings is 1. The number of rotatable bonds is 2. The van der Waals surface area contributed by atoms with Gasteiger partial charge in [0.2, 0.25) is 0 Å². The summed E-state index contributed by atoms with van der Waals surface area (Å²) in [5.74, 6) is -2.12. The third-order valence-electron chi connectivity index (χ3n) is 8.57. The second-order valence-electron chi connectivity index (χ2n) is 9.49. The fourth-order valence-electron chi connectivity index (χ4n) is 7.65. The van der Waals surface area contributed by atoms with Crippen LogP contribution < -0.4 is 0 Å². The Hall–Kier alpha value is -2.79. The van der Waals surface area contributed by atoms with Crippen molar-refractivity contribution in [1.82, 2.24) is 4.90 Å². The van der Waals surface area contributed by atoms with E-state index in [1.807, 2.05) is 38.1 Å². The van der Waals surface area contributed by atoms with Crippen molar-refractivity contribution in [2.75, 3.05) is 6.54 Å². The molecule has 1 spiro atoms. The zero-order chi connectivity index (χ0) is 21.1. The lowest BCUT2D eigenvalue weighted by Gasteiger charge is -2.41. The maximum atomic E-state index is 14.1. The number of benzene rings is 2. The summed E-state index contributed by atoms with van der Waals surface area (Å²) in [6.07, 6.45) is 1.68. The van der Waals surface area contributed by atoms with Gasteiger partial charge >= 0.3 is 5.97 Å². The lowest BCUT2D eigenvalue weighted by atomic mass is 9.69. The average Bonchev–Trinajstić information content (AvgIpc) is 3.03. The minimum atomic E-state index is -1.47. The fraction of sp³-hybridized carbons (Fsp3) is 0.400. The van der Waals surface area contributed by atoms with E-state index in [9.17, 15) is 19.5 Å². The summed E-state index contributed by atoms with van der Waals surface area (Å²) in [5.41, 5.74) is -0.475. The number of carbonyl (C=O) groups is 3.